The lowest BCUT2D eigenvalue weighted by atomic mass is 9.49. The van der Waals surface area contributed by atoms with Crippen LogP contribution in [0.4, 0.5) is 0 Å². The molecule has 0 spiro atoms. The first-order chi connectivity index (χ1) is 9.66. The monoisotopic (exact) mass is 276 g/mol. The van der Waals surface area contributed by atoms with Crippen LogP contribution in [0.1, 0.15) is 58.3 Å². The zero-order chi connectivity index (χ0) is 13.7. The summed E-state index contributed by atoms with van der Waals surface area (Å²) in [5, 5.41) is 0. The summed E-state index contributed by atoms with van der Waals surface area (Å²) < 4.78 is 0. The average Bonchev–Trinajstić information content (AvgIpc) is 2.39. The van der Waals surface area contributed by atoms with E-state index < -0.39 is 0 Å². The van der Waals surface area contributed by atoms with E-state index in [9.17, 15) is 0 Å². The van der Waals surface area contributed by atoms with Gasteiger partial charge in [0.1, 0.15) is 0 Å². The predicted octanol–water partition coefficient (Wildman–Crippen LogP) is 3.26. The van der Waals surface area contributed by atoms with Crippen molar-refractivity contribution in [3.05, 3.63) is 0 Å². The van der Waals surface area contributed by atoms with Crippen LogP contribution in [0.25, 0.3) is 0 Å². The molecule has 0 aromatic heterocycles. The highest BCUT2D eigenvalue weighted by molar-refractivity contribution is 5.03. The first kappa shape index (κ1) is 13.6. The average molecular weight is 276 g/mol. The molecule has 2 nitrogen and oxygen atoms in total. The predicted molar refractivity (Wildman–Crippen MR) is 83.4 cm³/mol. The van der Waals surface area contributed by atoms with Crippen LogP contribution < -0.4 is 5.73 Å². The minimum atomic E-state index is 0.673. The molecule has 2 atom stereocenters. The van der Waals surface area contributed by atoms with Gasteiger partial charge in [-0.3, -0.25) is 4.90 Å². The van der Waals surface area contributed by atoms with E-state index in [1.165, 1.54) is 25.9 Å². The van der Waals surface area contributed by atoms with Gasteiger partial charge in [0.25, 0.3) is 0 Å². The molecule has 1 aliphatic heterocycles. The summed E-state index contributed by atoms with van der Waals surface area (Å²) in [6.45, 7) is 5.97. The van der Waals surface area contributed by atoms with Gasteiger partial charge in [-0.15, -0.1) is 0 Å². The second-order valence-electron chi connectivity index (χ2n) is 8.91. The van der Waals surface area contributed by atoms with Gasteiger partial charge in [0.15, 0.2) is 0 Å². The van der Waals surface area contributed by atoms with Crippen molar-refractivity contribution in [2.45, 2.75) is 64.3 Å². The molecule has 5 fully saturated rings. The topological polar surface area (TPSA) is 29.3 Å². The quantitative estimate of drug-likeness (QED) is 0.857. The van der Waals surface area contributed by atoms with Gasteiger partial charge in [-0.2, -0.15) is 0 Å². The molecular weight excluding hydrogens is 244 g/mol. The van der Waals surface area contributed by atoms with Crippen molar-refractivity contribution in [2.75, 3.05) is 19.6 Å². The number of nitrogens with zero attached hydrogens (tertiary/aromatic N) is 1. The fraction of sp³-hybridized carbons (Fsp3) is 1.00. The maximum Gasteiger partial charge on any atom is 0.0221 e. The summed E-state index contributed by atoms with van der Waals surface area (Å²) in [5.74, 6) is 4.14. The second kappa shape index (κ2) is 4.98. The van der Waals surface area contributed by atoms with E-state index in [1.807, 2.05) is 0 Å². The maximum atomic E-state index is 6.08. The number of piperidine rings is 1. The molecule has 2 heteroatoms. The summed E-state index contributed by atoms with van der Waals surface area (Å²) >= 11 is 0. The summed E-state index contributed by atoms with van der Waals surface area (Å²) in [5.41, 5.74) is 6.78. The maximum absolute atomic E-state index is 6.08. The normalized spacial score (nSPS) is 51.6. The standard InChI is InChI=1S/C18H32N2/c1-13-2-3-20(17(4-13)11-19)12-18-8-14-5-15(9-18)7-16(6-14)10-18/h13-17H,2-12,19H2,1H3. The molecule has 0 amide bonds. The van der Waals surface area contributed by atoms with Crippen LogP contribution in [-0.2, 0) is 0 Å². The van der Waals surface area contributed by atoms with E-state index in [4.69, 9.17) is 5.73 Å². The van der Waals surface area contributed by atoms with Gasteiger partial charge < -0.3 is 5.73 Å². The summed E-state index contributed by atoms with van der Waals surface area (Å²) in [7, 11) is 0. The van der Waals surface area contributed by atoms with E-state index in [0.717, 1.165) is 30.2 Å². The molecule has 5 rings (SSSR count). The molecule has 1 saturated heterocycles. The Labute approximate surface area is 124 Å². The van der Waals surface area contributed by atoms with Crippen LogP contribution in [0.15, 0.2) is 0 Å². The van der Waals surface area contributed by atoms with Gasteiger partial charge in [0, 0.05) is 19.1 Å². The van der Waals surface area contributed by atoms with E-state index in [1.54, 1.807) is 38.5 Å². The highest BCUT2D eigenvalue weighted by Gasteiger charge is 2.51. The molecule has 4 bridgehead atoms. The molecule has 5 aliphatic rings. The van der Waals surface area contributed by atoms with Gasteiger partial charge in [0.05, 0.1) is 0 Å². The van der Waals surface area contributed by atoms with Crippen molar-refractivity contribution >= 4 is 0 Å². The Balaban J connectivity index is 1.48. The van der Waals surface area contributed by atoms with Gasteiger partial charge in [-0.1, -0.05) is 6.92 Å². The third kappa shape index (κ3) is 2.33. The van der Waals surface area contributed by atoms with E-state index in [2.05, 4.69) is 11.8 Å². The lowest BCUT2D eigenvalue weighted by Gasteiger charge is -2.58. The number of rotatable bonds is 3. The van der Waals surface area contributed by atoms with E-state index in [0.29, 0.717) is 11.5 Å². The Kier molecular flexibility index (Phi) is 3.38. The van der Waals surface area contributed by atoms with Crippen molar-refractivity contribution in [3.8, 4) is 0 Å². The number of hydrogen-bond acceptors (Lipinski definition) is 2. The second-order valence-corrected chi connectivity index (χ2v) is 8.91. The first-order valence-electron chi connectivity index (χ1n) is 9.10. The van der Waals surface area contributed by atoms with Gasteiger partial charge in [-0.05, 0) is 87.0 Å². The molecular formula is C18H32N2. The molecule has 0 radical (unpaired) electrons. The van der Waals surface area contributed by atoms with Crippen LogP contribution >= 0.6 is 0 Å². The van der Waals surface area contributed by atoms with Crippen LogP contribution in [0.3, 0.4) is 0 Å². The van der Waals surface area contributed by atoms with Crippen LogP contribution in [0, 0.1) is 29.1 Å². The van der Waals surface area contributed by atoms with Crippen molar-refractivity contribution in [1.82, 2.24) is 4.90 Å². The van der Waals surface area contributed by atoms with E-state index >= 15 is 0 Å². The highest BCUT2D eigenvalue weighted by atomic mass is 15.2. The van der Waals surface area contributed by atoms with Crippen molar-refractivity contribution in [3.63, 3.8) is 0 Å². The zero-order valence-electron chi connectivity index (χ0n) is 13.2. The summed E-state index contributed by atoms with van der Waals surface area (Å²) in [6, 6.07) is 0.673. The molecule has 4 aliphatic carbocycles. The smallest absolute Gasteiger partial charge is 0.0221 e. The van der Waals surface area contributed by atoms with Gasteiger partial charge >= 0.3 is 0 Å². The van der Waals surface area contributed by atoms with Crippen LogP contribution in [-0.4, -0.2) is 30.6 Å². The molecule has 2 N–H and O–H groups in total. The Morgan fingerprint density at radius 3 is 2.15 bits per heavy atom. The molecule has 20 heavy (non-hydrogen) atoms. The Bertz CT molecular complexity index is 329. The third-order valence-corrected chi connectivity index (χ3v) is 7.08. The molecule has 0 aromatic carbocycles. The SMILES string of the molecule is CC1CCN(CC23CC4CC(CC(C4)C2)C3)C(CN)C1. The lowest BCUT2D eigenvalue weighted by Crippen LogP contribution is -2.55. The largest absolute Gasteiger partial charge is 0.329 e. The molecule has 114 valence electrons. The number of nitrogens with two attached hydrogens (primary N) is 1. The third-order valence-electron chi connectivity index (χ3n) is 7.08. The number of likely N-dealkylation sites (tertiary alicyclic amines) is 1. The van der Waals surface area contributed by atoms with Crippen molar-refractivity contribution in [1.29, 1.82) is 0 Å². The van der Waals surface area contributed by atoms with Crippen molar-refractivity contribution < 1.29 is 0 Å². The summed E-state index contributed by atoms with van der Waals surface area (Å²) in [6.07, 6.45) is 12.1. The minimum Gasteiger partial charge on any atom is -0.329 e. The fourth-order valence-corrected chi connectivity index (χ4v) is 6.67. The minimum absolute atomic E-state index is 0.673. The van der Waals surface area contributed by atoms with Crippen LogP contribution in [0.2, 0.25) is 0 Å². The lowest BCUT2D eigenvalue weighted by molar-refractivity contribution is -0.0791. The Morgan fingerprint density at radius 2 is 1.60 bits per heavy atom. The Morgan fingerprint density at radius 1 is 1.00 bits per heavy atom. The first-order valence-corrected chi connectivity index (χ1v) is 9.10. The highest BCUT2D eigenvalue weighted by Crippen LogP contribution is 2.60. The zero-order valence-corrected chi connectivity index (χ0v) is 13.2. The number of hydrogen-bond donors (Lipinski definition) is 1. The molecule has 2 unspecified atom stereocenters. The van der Waals surface area contributed by atoms with Crippen LogP contribution in [0.5, 0.6) is 0 Å². The van der Waals surface area contributed by atoms with Gasteiger partial charge in [-0.25, -0.2) is 0 Å². The molecule has 4 saturated carbocycles. The Hall–Kier alpha value is -0.0800. The van der Waals surface area contributed by atoms with Crippen molar-refractivity contribution in [2.24, 2.45) is 34.8 Å². The molecule has 0 aromatic rings. The molecule has 1 heterocycles. The fourth-order valence-electron chi connectivity index (χ4n) is 6.67. The van der Waals surface area contributed by atoms with Gasteiger partial charge in [0.2, 0.25) is 0 Å². The summed E-state index contributed by atoms with van der Waals surface area (Å²) in [4.78, 5) is 2.80. The van der Waals surface area contributed by atoms with E-state index in [-0.39, 0.29) is 0 Å².